The van der Waals surface area contributed by atoms with Gasteiger partial charge in [-0.1, -0.05) is 13.8 Å². The fourth-order valence-corrected chi connectivity index (χ4v) is 4.21. The molecule has 0 spiro atoms. The lowest BCUT2D eigenvalue weighted by atomic mass is 10.2. The Morgan fingerprint density at radius 2 is 2.18 bits per heavy atom. The Kier molecular flexibility index (Phi) is 5.05. The van der Waals surface area contributed by atoms with Gasteiger partial charge in [-0.3, -0.25) is 9.78 Å². The first-order valence-electron chi connectivity index (χ1n) is 7.45. The van der Waals surface area contributed by atoms with Gasteiger partial charge < -0.3 is 10.2 Å². The SMILES string of the molecule is CC(C)CNC(=O)c1cncc(N(C)C2CCS(=O)(=O)C2)c1. The molecule has 2 rings (SSSR count). The highest BCUT2D eigenvalue weighted by atomic mass is 32.2. The molecule has 1 saturated heterocycles. The van der Waals surface area contributed by atoms with Gasteiger partial charge in [0.25, 0.3) is 5.91 Å². The summed E-state index contributed by atoms with van der Waals surface area (Å²) in [5, 5.41) is 2.85. The van der Waals surface area contributed by atoms with E-state index < -0.39 is 9.84 Å². The zero-order valence-electron chi connectivity index (χ0n) is 13.2. The molecule has 1 aromatic heterocycles. The number of nitrogens with zero attached hydrogens (tertiary/aromatic N) is 2. The van der Waals surface area contributed by atoms with E-state index in [4.69, 9.17) is 0 Å². The smallest absolute Gasteiger partial charge is 0.252 e. The van der Waals surface area contributed by atoms with Gasteiger partial charge in [0.1, 0.15) is 0 Å². The number of amides is 1. The maximum Gasteiger partial charge on any atom is 0.252 e. The van der Waals surface area contributed by atoms with Crippen molar-refractivity contribution in [1.29, 1.82) is 0 Å². The van der Waals surface area contributed by atoms with Crippen LogP contribution in [0.1, 0.15) is 30.6 Å². The summed E-state index contributed by atoms with van der Waals surface area (Å²) in [7, 11) is -1.09. The van der Waals surface area contributed by atoms with Gasteiger partial charge in [0.15, 0.2) is 9.84 Å². The largest absolute Gasteiger partial charge is 0.369 e. The number of pyridine rings is 1. The van der Waals surface area contributed by atoms with Crippen molar-refractivity contribution in [1.82, 2.24) is 10.3 Å². The number of rotatable bonds is 5. The molecule has 1 aromatic rings. The molecule has 1 amide bonds. The first-order chi connectivity index (χ1) is 10.3. The van der Waals surface area contributed by atoms with Crippen LogP contribution < -0.4 is 10.2 Å². The van der Waals surface area contributed by atoms with E-state index in [1.165, 1.54) is 6.20 Å². The van der Waals surface area contributed by atoms with Crippen LogP contribution in [-0.2, 0) is 9.84 Å². The van der Waals surface area contributed by atoms with Crippen LogP contribution in [-0.4, -0.2) is 50.4 Å². The highest BCUT2D eigenvalue weighted by Gasteiger charge is 2.31. The van der Waals surface area contributed by atoms with Crippen molar-refractivity contribution >= 4 is 21.4 Å². The van der Waals surface area contributed by atoms with Crippen molar-refractivity contribution in [3.63, 3.8) is 0 Å². The highest BCUT2D eigenvalue weighted by Crippen LogP contribution is 2.22. The number of hydrogen-bond donors (Lipinski definition) is 1. The molecule has 22 heavy (non-hydrogen) atoms. The second-order valence-electron chi connectivity index (χ2n) is 6.20. The first-order valence-corrected chi connectivity index (χ1v) is 9.27. The molecule has 0 bridgehead atoms. The Balaban J connectivity index is 2.09. The van der Waals surface area contributed by atoms with Gasteiger partial charge in [-0.25, -0.2) is 8.42 Å². The van der Waals surface area contributed by atoms with E-state index >= 15 is 0 Å². The summed E-state index contributed by atoms with van der Waals surface area (Å²) >= 11 is 0. The maximum atomic E-state index is 12.1. The molecule has 1 N–H and O–H groups in total. The van der Waals surface area contributed by atoms with Crippen LogP contribution in [0, 0.1) is 5.92 Å². The molecule has 1 unspecified atom stereocenters. The van der Waals surface area contributed by atoms with Gasteiger partial charge in [0.05, 0.1) is 29.0 Å². The summed E-state index contributed by atoms with van der Waals surface area (Å²) in [4.78, 5) is 18.1. The number of sulfone groups is 1. The normalized spacial score (nSPS) is 20.1. The fraction of sp³-hybridized carbons (Fsp3) is 0.600. The van der Waals surface area contributed by atoms with Gasteiger partial charge >= 0.3 is 0 Å². The molecular weight excluding hydrogens is 302 g/mol. The summed E-state index contributed by atoms with van der Waals surface area (Å²) in [6.07, 6.45) is 3.80. The van der Waals surface area contributed by atoms with E-state index in [2.05, 4.69) is 10.3 Å². The molecule has 0 radical (unpaired) electrons. The lowest BCUT2D eigenvalue weighted by molar-refractivity contribution is 0.0948. The summed E-state index contributed by atoms with van der Waals surface area (Å²) < 4.78 is 23.2. The van der Waals surface area contributed by atoms with Crippen molar-refractivity contribution in [2.24, 2.45) is 5.92 Å². The van der Waals surface area contributed by atoms with Gasteiger partial charge in [0.2, 0.25) is 0 Å². The monoisotopic (exact) mass is 325 g/mol. The third-order valence-corrected chi connectivity index (χ3v) is 5.57. The molecule has 1 aliphatic rings. The Morgan fingerprint density at radius 3 is 2.77 bits per heavy atom. The van der Waals surface area contributed by atoms with Crippen LogP contribution >= 0.6 is 0 Å². The molecule has 122 valence electrons. The Bertz CT molecular complexity index is 643. The van der Waals surface area contributed by atoms with Crippen molar-refractivity contribution < 1.29 is 13.2 Å². The number of hydrogen-bond acceptors (Lipinski definition) is 5. The van der Waals surface area contributed by atoms with Crippen LogP contribution in [0.3, 0.4) is 0 Å². The Morgan fingerprint density at radius 1 is 1.45 bits per heavy atom. The number of anilines is 1. The van der Waals surface area contributed by atoms with Gasteiger partial charge in [-0.15, -0.1) is 0 Å². The average Bonchev–Trinajstić information content (AvgIpc) is 2.84. The maximum absolute atomic E-state index is 12.1. The lowest BCUT2D eigenvalue weighted by Crippen LogP contribution is -2.33. The molecule has 1 atom stereocenters. The topological polar surface area (TPSA) is 79.4 Å². The second kappa shape index (κ2) is 6.64. The van der Waals surface area contributed by atoms with E-state index in [0.717, 1.165) is 5.69 Å². The summed E-state index contributed by atoms with van der Waals surface area (Å²) in [6, 6.07) is 1.70. The molecule has 0 aromatic carbocycles. The summed E-state index contributed by atoms with van der Waals surface area (Å²) in [5.74, 6) is 0.610. The zero-order chi connectivity index (χ0) is 16.3. The molecular formula is C15H23N3O3S. The van der Waals surface area contributed by atoms with Crippen molar-refractivity contribution in [2.75, 3.05) is 30.0 Å². The number of aromatic nitrogens is 1. The molecule has 1 fully saturated rings. The van der Waals surface area contributed by atoms with Crippen molar-refractivity contribution in [3.8, 4) is 0 Å². The number of nitrogens with one attached hydrogen (secondary N) is 1. The molecule has 0 aliphatic carbocycles. The Hall–Kier alpha value is -1.63. The van der Waals surface area contributed by atoms with Gasteiger partial charge in [-0.05, 0) is 18.4 Å². The van der Waals surface area contributed by atoms with Crippen molar-refractivity contribution in [3.05, 3.63) is 24.0 Å². The number of carbonyl (C=O) groups is 1. The average molecular weight is 325 g/mol. The second-order valence-corrected chi connectivity index (χ2v) is 8.43. The lowest BCUT2D eigenvalue weighted by Gasteiger charge is -2.25. The molecule has 7 heteroatoms. The summed E-state index contributed by atoms with van der Waals surface area (Å²) in [5.41, 5.74) is 1.25. The third kappa shape index (κ3) is 4.19. The minimum Gasteiger partial charge on any atom is -0.369 e. The minimum atomic E-state index is -2.93. The highest BCUT2D eigenvalue weighted by molar-refractivity contribution is 7.91. The van der Waals surface area contributed by atoms with Crippen LogP contribution in [0.15, 0.2) is 18.5 Å². The van der Waals surface area contributed by atoms with Crippen LogP contribution in [0.5, 0.6) is 0 Å². The number of carbonyl (C=O) groups excluding carboxylic acids is 1. The standard InChI is InChI=1S/C15H23N3O3S/c1-11(2)7-17-15(19)12-6-14(9-16-8-12)18(3)13-4-5-22(20,21)10-13/h6,8-9,11,13H,4-5,7,10H2,1-3H3,(H,17,19). The van der Waals surface area contributed by atoms with Crippen LogP contribution in [0.4, 0.5) is 5.69 Å². The van der Waals surface area contributed by atoms with E-state index in [-0.39, 0.29) is 23.5 Å². The predicted octanol–water partition coefficient (Wildman–Crippen LogP) is 1.09. The van der Waals surface area contributed by atoms with Crippen molar-refractivity contribution in [2.45, 2.75) is 26.3 Å². The third-order valence-electron chi connectivity index (χ3n) is 3.82. The fourth-order valence-electron chi connectivity index (χ4n) is 2.44. The predicted molar refractivity (Wildman–Crippen MR) is 86.9 cm³/mol. The first kappa shape index (κ1) is 16.7. The van der Waals surface area contributed by atoms with Crippen LogP contribution in [0.2, 0.25) is 0 Å². The van der Waals surface area contributed by atoms with Gasteiger partial charge in [0, 0.05) is 25.8 Å². The summed E-state index contributed by atoms with van der Waals surface area (Å²) in [6.45, 7) is 4.67. The van der Waals surface area contributed by atoms with Gasteiger partial charge in [-0.2, -0.15) is 0 Å². The zero-order valence-corrected chi connectivity index (χ0v) is 14.1. The van der Waals surface area contributed by atoms with E-state index in [1.807, 2.05) is 25.8 Å². The molecule has 2 heterocycles. The molecule has 6 nitrogen and oxygen atoms in total. The molecule has 1 aliphatic heterocycles. The Labute approximate surface area is 131 Å². The van der Waals surface area contributed by atoms with Crippen LogP contribution in [0.25, 0.3) is 0 Å². The van der Waals surface area contributed by atoms with E-state index in [9.17, 15) is 13.2 Å². The quantitative estimate of drug-likeness (QED) is 0.877. The van der Waals surface area contributed by atoms with E-state index in [0.29, 0.717) is 24.4 Å². The minimum absolute atomic E-state index is 0.0548. The van der Waals surface area contributed by atoms with E-state index in [1.54, 1.807) is 12.3 Å². The molecule has 0 saturated carbocycles.